The first-order valence-electron chi connectivity index (χ1n) is 8.94. The van der Waals surface area contributed by atoms with Crippen LogP contribution in [0.25, 0.3) is 28.1 Å². The lowest BCUT2D eigenvalue weighted by Crippen LogP contribution is -2.42. The Hall–Kier alpha value is -3.60. The number of carbonyl (C=O) groups excluding carboxylic acids is 1. The molecule has 4 aromatic heterocycles. The molecule has 5 rings (SSSR count). The fraction of sp³-hybridized carbons (Fsp3) is 0.294. The lowest BCUT2D eigenvalue weighted by atomic mass is 10.3. The Bertz CT molecular complexity index is 1180. The van der Waals surface area contributed by atoms with E-state index in [4.69, 9.17) is 0 Å². The van der Waals surface area contributed by atoms with E-state index in [0.717, 1.165) is 12.1 Å². The Kier molecular flexibility index (Phi) is 3.86. The maximum atomic E-state index is 12.3. The van der Waals surface area contributed by atoms with E-state index in [1.54, 1.807) is 21.6 Å². The fourth-order valence-electron chi connectivity index (χ4n) is 3.20. The highest BCUT2D eigenvalue weighted by atomic mass is 16.2. The van der Waals surface area contributed by atoms with Crippen molar-refractivity contribution < 1.29 is 4.79 Å². The standard InChI is InChI=1S/C17H18N10O/c1-26-9-10(7-21-26)14-24-15-13-11(3-2-4-19-13)22-17(27(15)25-14)23-12-8-18-5-6-20-16(12)28/h2-4,7,9,12,18H,5-6,8H2,1H3,(H,20,28)(H,22,23)/t12-/m1/s1. The number of aromatic nitrogens is 7. The van der Waals surface area contributed by atoms with Crippen LogP contribution in [-0.2, 0) is 11.8 Å². The number of nitrogens with zero attached hydrogens (tertiary/aromatic N) is 7. The SMILES string of the molecule is Cn1cc(-c2nc3c4ncccc4nc(N[C@@H]4CNCCNC4=O)n3n2)cn1. The summed E-state index contributed by atoms with van der Waals surface area (Å²) in [6.07, 6.45) is 5.24. The Morgan fingerprint density at radius 2 is 2.21 bits per heavy atom. The minimum Gasteiger partial charge on any atom is -0.353 e. The number of hydrogen-bond donors (Lipinski definition) is 3. The van der Waals surface area contributed by atoms with E-state index < -0.39 is 6.04 Å². The van der Waals surface area contributed by atoms with E-state index in [1.165, 1.54) is 0 Å². The smallest absolute Gasteiger partial charge is 0.243 e. The predicted molar refractivity (Wildman–Crippen MR) is 102 cm³/mol. The summed E-state index contributed by atoms with van der Waals surface area (Å²) in [7, 11) is 1.84. The molecule has 1 aliphatic heterocycles. The zero-order valence-electron chi connectivity index (χ0n) is 15.1. The molecule has 0 radical (unpaired) electrons. The molecule has 1 atom stereocenters. The van der Waals surface area contributed by atoms with Crippen LogP contribution in [-0.4, -0.2) is 65.9 Å². The van der Waals surface area contributed by atoms with Gasteiger partial charge in [-0.1, -0.05) is 0 Å². The molecule has 0 aliphatic carbocycles. The number of amides is 1. The normalized spacial score (nSPS) is 17.6. The first-order valence-corrected chi connectivity index (χ1v) is 8.94. The Morgan fingerprint density at radius 3 is 3.07 bits per heavy atom. The molecule has 11 heteroatoms. The summed E-state index contributed by atoms with van der Waals surface area (Å²) in [4.78, 5) is 26.0. The molecular formula is C17H18N10O. The molecule has 1 amide bonds. The monoisotopic (exact) mass is 378 g/mol. The van der Waals surface area contributed by atoms with Crippen LogP contribution >= 0.6 is 0 Å². The zero-order chi connectivity index (χ0) is 19.1. The number of fused-ring (bicyclic) bond motifs is 3. The molecule has 0 bridgehead atoms. The minimum absolute atomic E-state index is 0.0844. The van der Waals surface area contributed by atoms with Crippen molar-refractivity contribution in [2.75, 3.05) is 25.0 Å². The average molecular weight is 378 g/mol. The number of rotatable bonds is 3. The topological polar surface area (TPSA) is 127 Å². The number of aryl methyl sites for hydroxylation is 1. The third-order valence-corrected chi connectivity index (χ3v) is 4.56. The molecule has 0 saturated carbocycles. The Labute approximate surface area is 159 Å². The molecule has 1 saturated heterocycles. The van der Waals surface area contributed by atoms with Gasteiger partial charge in [-0.2, -0.15) is 9.61 Å². The van der Waals surface area contributed by atoms with Crippen molar-refractivity contribution in [3.05, 3.63) is 30.7 Å². The van der Waals surface area contributed by atoms with Gasteiger partial charge in [-0.15, -0.1) is 5.10 Å². The Balaban J connectivity index is 1.66. The van der Waals surface area contributed by atoms with E-state index in [2.05, 4.69) is 41.1 Å². The second kappa shape index (κ2) is 6.53. The molecule has 4 aromatic rings. The van der Waals surface area contributed by atoms with Crippen LogP contribution in [0.3, 0.4) is 0 Å². The summed E-state index contributed by atoms with van der Waals surface area (Å²) in [5.41, 5.74) is 2.66. The van der Waals surface area contributed by atoms with Crippen LogP contribution in [0.4, 0.5) is 5.95 Å². The number of anilines is 1. The highest BCUT2D eigenvalue weighted by molar-refractivity contribution is 5.90. The summed E-state index contributed by atoms with van der Waals surface area (Å²) >= 11 is 0. The van der Waals surface area contributed by atoms with Gasteiger partial charge in [0.2, 0.25) is 11.9 Å². The van der Waals surface area contributed by atoms with Gasteiger partial charge in [0.15, 0.2) is 11.5 Å². The summed E-state index contributed by atoms with van der Waals surface area (Å²) < 4.78 is 3.28. The maximum Gasteiger partial charge on any atom is 0.243 e. The first-order chi connectivity index (χ1) is 13.7. The summed E-state index contributed by atoms with van der Waals surface area (Å²) in [6.45, 7) is 1.81. The highest BCUT2D eigenvalue weighted by Crippen LogP contribution is 2.22. The third-order valence-electron chi connectivity index (χ3n) is 4.56. The molecule has 3 N–H and O–H groups in total. The van der Waals surface area contributed by atoms with Crippen molar-refractivity contribution in [2.24, 2.45) is 7.05 Å². The molecule has 1 aliphatic rings. The molecule has 28 heavy (non-hydrogen) atoms. The Morgan fingerprint density at radius 1 is 1.29 bits per heavy atom. The van der Waals surface area contributed by atoms with Crippen molar-refractivity contribution in [1.82, 2.24) is 45.0 Å². The average Bonchev–Trinajstić information content (AvgIpc) is 3.28. The summed E-state index contributed by atoms with van der Waals surface area (Å²) in [5.74, 6) is 0.861. The lowest BCUT2D eigenvalue weighted by Gasteiger charge is -2.16. The predicted octanol–water partition coefficient (Wildman–Crippen LogP) is -0.427. The van der Waals surface area contributed by atoms with Crippen molar-refractivity contribution in [3.8, 4) is 11.4 Å². The summed E-state index contributed by atoms with van der Waals surface area (Å²) in [5, 5.41) is 18.1. The number of carbonyl (C=O) groups is 1. The van der Waals surface area contributed by atoms with Gasteiger partial charge >= 0.3 is 0 Å². The van der Waals surface area contributed by atoms with Crippen molar-refractivity contribution in [2.45, 2.75) is 6.04 Å². The first kappa shape index (κ1) is 16.6. The van der Waals surface area contributed by atoms with Crippen molar-refractivity contribution >= 4 is 28.5 Å². The lowest BCUT2D eigenvalue weighted by molar-refractivity contribution is -0.121. The molecule has 142 valence electrons. The molecule has 0 spiro atoms. The number of nitrogens with one attached hydrogen (secondary N) is 3. The largest absolute Gasteiger partial charge is 0.353 e. The van der Waals surface area contributed by atoms with E-state index in [1.807, 2.05) is 25.4 Å². The zero-order valence-corrected chi connectivity index (χ0v) is 15.1. The van der Waals surface area contributed by atoms with Crippen LogP contribution in [0.1, 0.15) is 0 Å². The molecule has 5 heterocycles. The molecule has 11 nitrogen and oxygen atoms in total. The molecular weight excluding hydrogens is 360 g/mol. The van der Waals surface area contributed by atoms with Gasteiger partial charge in [0.05, 0.1) is 17.3 Å². The van der Waals surface area contributed by atoms with E-state index in [-0.39, 0.29) is 5.91 Å². The van der Waals surface area contributed by atoms with Gasteiger partial charge in [-0.25, -0.2) is 9.97 Å². The summed E-state index contributed by atoms with van der Waals surface area (Å²) in [6, 6.07) is 3.20. The van der Waals surface area contributed by atoms with Gasteiger partial charge in [0, 0.05) is 39.1 Å². The van der Waals surface area contributed by atoms with Gasteiger partial charge in [-0.05, 0) is 12.1 Å². The van der Waals surface area contributed by atoms with Gasteiger partial charge < -0.3 is 16.0 Å². The number of hydrogen-bond acceptors (Lipinski definition) is 8. The molecule has 0 aromatic carbocycles. The van der Waals surface area contributed by atoms with Crippen LogP contribution in [0.2, 0.25) is 0 Å². The van der Waals surface area contributed by atoms with Crippen LogP contribution in [0.5, 0.6) is 0 Å². The second-order valence-corrected chi connectivity index (χ2v) is 6.57. The third kappa shape index (κ3) is 2.81. The number of pyridine rings is 1. The van der Waals surface area contributed by atoms with E-state index in [9.17, 15) is 4.79 Å². The highest BCUT2D eigenvalue weighted by Gasteiger charge is 2.23. The van der Waals surface area contributed by atoms with E-state index in [0.29, 0.717) is 41.5 Å². The fourth-order valence-corrected chi connectivity index (χ4v) is 3.20. The molecule has 1 fully saturated rings. The van der Waals surface area contributed by atoms with Crippen molar-refractivity contribution in [3.63, 3.8) is 0 Å². The second-order valence-electron chi connectivity index (χ2n) is 6.57. The van der Waals surface area contributed by atoms with Crippen LogP contribution in [0.15, 0.2) is 30.7 Å². The van der Waals surface area contributed by atoms with Crippen LogP contribution in [0, 0.1) is 0 Å². The van der Waals surface area contributed by atoms with Crippen LogP contribution < -0.4 is 16.0 Å². The van der Waals surface area contributed by atoms with Gasteiger partial charge in [0.25, 0.3) is 0 Å². The van der Waals surface area contributed by atoms with E-state index >= 15 is 0 Å². The quantitative estimate of drug-likeness (QED) is 0.438. The maximum absolute atomic E-state index is 12.3. The minimum atomic E-state index is -0.474. The van der Waals surface area contributed by atoms with Crippen molar-refractivity contribution in [1.29, 1.82) is 0 Å². The molecule has 0 unspecified atom stereocenters. The van der Waals surface area contributed by atoms with Gasteiger partial charge in [-0.3, -0.25) is 14.5 Å². The van der Waals surface area contributed by atoms with Gasteiger partial charge in [0.1, 0.15) is 11.6 Å².